The van der Waals surface area contributed by atoms with Crippen LogP contribution in [0.3, 0.4) is 0 Å². The topological polar surface area (TPSA) is 55.2 Å². The van der Waals surface area contributed by atoms with Crippen molar-refractivity contribution in [2.75, 3.05) is 18.8 Å². The van der Waals surface area contributed by atoms with Gasteiger partial charge < -0.3 is 4.90 Å². The summed E-state index contributed by atoms with van der Waals surface area (Å²) in [5.74, 6) is -0.227. The van der Waals surface area contributed by atoms with E-state index in [0.717, 1.165) is 70.0 Å². The van der Waals surface area contributed by atoms with Gasteiger partial charge in [0.2, 0.25) is 5.91 Å². The predicted octanol–water partition coefficient (Wildman–Crippen LogP) is 4.96. The first-order valence-electron chi connectivity index (χ1n) is 11.4. The molecule has 3 heterocycles. The molecule has 0 unspecified atom stereocenters. The van der Waals surface area contributed by atoms with Crippen LogP contribution in [-0.2, 0) is 17.6 Å². The minimum atomic E-state index is -0.472. The maximum absolute atomic E-state index is 14.8. The van der Waals surface area contributed by atoms with Crippen molar-refractivity contribution in [2.24, 2.45) is 0 Å². The molecule has 1 fully saturated rings. The molecule has 0 bridgehead atoms. The number of rotatable bonds is 4. The lowest BCUT2D eigenvalue weighted by Crippen LogP contribution is -2.33. The summed E-state index contributed by atoms with van der Waals surface area (Å²) < 4.78 is 16.1. The van der Waals surface area contributed by atoms with Crippen LogP contribution in [0.2, 0.25) is 0 Å². The number of thiophene rings is 1. The smallest absolute Gasteiger partial charge is 0.267 e. The Bertz CT molecular complexity index is 1210. The van der Waals surface area contributed by atoms with Crippen molar-refractivity contribution < 1.29 is 9.18 Å². The normalized spacial score (nSPS) is 16.7. The first kappa shape index (κ1) is 21.6. The Hall–Kier alpha value is -2.19. The maximum Gasteiger partial charge on any atom is 0.267 e. The molecule has 5 rings (SSSR count). The first-order chi connectivity index (χ1) is 15.6. The zero-order chi connectivity index (χ0) is 22.1. The molecule has 0 radical (unpaired) electrons. The van der Waals surface area contributed by atoms with Crippen LogP contribution in [0.4, 0.5) is 4.39 Å². The summed E-state index contributed by atoms with van der Waals surface area (Å²) in [4.78, 5) is 35.2. The molecule has 3 aromatic rings. The highest BCUT2D eigenvalue weighted by Gasteiger charge is 2.25. The molecule has 168 valence electrons. The number of fused-ring (bicyclic) bond motifs is 3. The summed E-state index contributed by atoms with van der Waals surface area (Å²) >= 11 is 2.81. The lowest BCUT2D eigenvalue weighted by molar-refractivity contribution is -0.128. The summed E-state index contributed by atoms with van der Waals surface area (Å²) in [5.41, 5.74) is 1.03. The highest BCUT2D eigenvalue weighted by atomic mass is 32.2. The fraction of sp³-hybridized carbons (Fsp3) is 0.458. The monoisotopic (exact) mass is 471 g/mol. The lowest BCUT2D eigenvalue weighted by atomic mass is 9.97. The van der Waals surface area contributed by atoms with Gasteiger partial charge >= 0.3 is 0 Å². The number of amides is 1. The van der Waals surface area contributed by atoms with Crippen LogP contribution in [0.1, 0.15) is 49.0 Å². The van der Waals surface area contributed by atoms with Crippen molar-refractivity contribution in [2.45, 2.75) is 56.5 Å². The van der Waals surface area contributed by atoms with Crippen LogP contribution in [0.15, 0.2) is 34.2 Å². The molecule has 2 aromatic heterocycles. The van der Waals surface area contributed by atoms with Crippen molar-refractivity contribution in [1.29, 1.82) is 0 Å². The second-order valence-electron chi connectivity index (χ2n) is 8.46. The fourth-order valence-electron chi connectivity index (χ4n) is 4.67. The summed E-state index contributed by atoms with van der Waals surface area (Å²) in [7, 11) is 0. The SMILES string of the molecule is O=C(CSc1nc2sc3c(c2c(=O)n1-c1ccccc1F)CCCC3)N1CCCCCC1. The van der Waals surface area contributed by atoms with E-state index in [1.165, 1.54) is 27.3 Å². The van der Waals surface area contributed by atoms with E-state index < -0.39 is 5.82 Å². The van der Waals surface area contributed by atoms with Gasteiger partial charge in [0.05, 0.1) is 16.8 Å². The van der Waals surface area contributed by atoms with Gasteiger partial charge in [-0.1, -0.05) is 36.7 Å². The van der Waals surface area contributed by atoms with E-state index >= 15 is 0 Å². The number of hydrogen-bond donors (Lipinski definition) is 0. The molecule has 5 nitrogen and oxygen atoms in total. The van der Waals surface area contributed by atoms with Gasteiger partial charge in [0, 0.05) is 18.0 Å². The molecule has 1 aliphatic heterocycles. The molecule has 1 amide bonds. The van der Waals surface area contributed by atoms with Crippen LogP contribution in [0, 0.1) is 5.82 Å². The molecule has 1 aliphatic carbocycles. The number of carbonyl (C=O) groups is 1. The van der Waals surface area contributed by atoms with Gasteiger partial charge in [0.1, 0.15) is 10.6 Å². The Kier molecular flexibility index (Phi) is 6.33. The number of carbonyl (C=O) groups excluding carboxylic acids is 1. The first-order valence-corrected chi connectivity index (χ1v) is 13.2. The van der Waals surface area contributed by atoms with E-state index in [1.54, 1.807) is 29.5 Å². The largest absolute Gasteiger partial charge is 0.342 e. The van der Waals surface area contributed by atoms with Crippen molar-refractivity contribution in [3.05, 3.63) is 50.9 Å². The van der Waals surface area contributed by atoms with Crippen molar-refractivity contribution in [1.82, 2.24) is 14.5 Å². The van der Waals surface area contributed by atoms with Crippen molar-refractivity contribution in [3.63, 3.8) is 0 Å². The van der Waals surface area contributed by atoms with E-state index in [1.807, 2.05) is 4.90 Å². The number of likely N-dealkylation sites (tertiary alicyclic amines) is 1. The quantitative estimate of drug-likeness (QED) is 0.399. The molecule has 32 heavy (non-hydrogen) atoms. The molecule has 1 saturated heterocycles. The van der Waals surface area contributed by atoms with Gasteiger partial charge in [-0.15, -0.1) is 11.3 Å². The number of benzene rings is 1. The highest BCUT2D eigenvalue weighted by molar-refractivity contribution is 7.99. The third kappa shape index (κ3) is 4.10. The number of aromatic nitrogens is 2. The van der Waals surface area contributed by atoms with Gasteiger partial charge in [0.25, 0.3) is 5.56 Å². The molecule has 0 saturated carbocycles. The summed E-state index contributed by atoms with van der Waals surface area (Å²) in [6, 6.07) is 6.28. The second kappa shape index (κ2) is 9.35. The zero-order valence-electron chi connectivity index (χ0n) is 17.9. The van der Waals surface area contributed by atoms with Crippen LogP contribution >= 0.6 is 23.1 Å². The third-order valence-corrected chi connectivity index (χ3v) is 8.44. The number of para-hydroxylation sites is 1. The number of nitrogens with zero attached hydrogens (tertiary/aromatic N) is 3. The van der Waals surface area contributed by atoms with Gasteiger partial charge in [-0.05, 0) is 56.2 Å². The van der Waals surface area contributed by atoms with Crippen molar-refractivity contribution >= 4 is 39.2 Å². The van der Waals surface area contributed by atoms with Crippen LogP contribution in [-0.4, -0.2) is 39.2 Å². The molecule has 2 aliphatic rings. The van der Waals surface area contributed by atoms with E-state index in [4.69, 9.17) is 4.98 Å². The third-order valence-electron chi connectivity index (χ3n) is 6.34. The molecular weight excluding hydrogens is 445 g/mol. The minimum absolute atomic E-state index is 0.0526. The zero-order valence-corrected chi connectivity index (χ0v) is 19.6. The average molecular weight is 472 g/mol. The maximum atomic E-state index is 14.8. The van der Waals surface area contributed by atoms with Gasteiger partial charge in [-0.2, -0.15) is 0 Å². The van der Waals surface area contributed by atoms with E-state index in [2.05, 4.69) is 0 Å². The number of hydrogen-bond acceptors (Lipinski definition) is 5. The van der Waals surface area contributed by atoms with Gasteiger partial charge in [-0.3, -0.25) is 14.2 Å². The highest BCUT2D eigenvalue weighted by Crippen LogP contribution is 2.35. The van der Waals surface area contributed by atoms with Gasteiger partial charge in [0.15, 0.2) is 5.16 Å². The Balaban J connectivity index is 1.56. The standard InChI is InChI=1S/C24H26FN3O2S2/c25-17-10-4-5-11-18(17)28-23(30)21-16-9-3-6-12-19(16)32-22(21)26-24(28)31-15-20(29)27-13-7-1-2-8-14-27/h4-5,10-11H,1-3,6-9,12-15H2. The molecule has 8 heteroatoms. The molecule has 0 atom stereocenters. The van der Waals surface area contributed by atoms with Crippen LogP contribution in [0.25, 0.3) is 15.9 Å². The van der Waals surface area contributed by atoms with E-state index in [-0.39, 0.29) is 22.9 Å². The average Bonchev–Trinajstić information content (AvgIpc) is 2.96. The Labute approximate surface area is 194 Å². The minimum Gasteiger partial charge on any atom is -0.342 e. The van der Waals surface area contributed by atoms with Crippen LogP contribution in [0.5, 0.6) is 0 Å². The number of halogens is 1. The fourth-order valence-corrected chi connectivity index (χ4v) is 6.88. The predicted molar refractivity (Wildman–Crippen MR) is 128 cm³/mol. The summed E-state index contributed by atoms with van der Waals surface area (Å²) in [6.07, 6.45) is 8.37. The molecular formula is C24H26FN3O2S2. The van der Waals surface area contributed by atoms with E-state index in [0.29, 0.717) is 15.4 Å². The summed E-state index contributed by atoms with van der Waals surface area (Å²) in [6.45, 7) is 1.56. The number of thioether (sulfide) groups is 1. The Morgan fingerprint density at radius 3 is 2.59 bits per heavy atom. The second-order valence-corrected chi connectivity index (χ2v) is 10.5. The van der Waals surface area contributed by atoms with Crippen molar-refractivity contribution in [3.8, 4) is 5.69 Å². The molecule has 0 spiro atoms. The molecule has 0 N–H and O–H groups in total. The summed E-state index contributed by atoms with van der Waals surface area (Å²) in [5, 5.41) is 1.01. The van der Waals surface area contributed by atoms with Crippen LogP contribution < -0.4 is 5.56 Å². The van der Waals surface area contributed by atoms with Gasteiger partial charge in [-0.25, -0.2) is 9.37 Å². The Morgan fingerprint density at radius 2 is 1.81 bits per heavy atom. The van der Waals surface area contributed by atoms with E-state index in [9.17, 15) is 14.0 Å². The number of aryl methyl sites for hydroxylation is 2. The Morgan fingerprint density at radius 1 is 1.06 bits per heavy atom. The molecule has 1 aromatic carbocycles. The lowest BCUT2D eigenvalue weighted by Gasteiger charge is -2.20.